The van der Waals surface area contributed by atoms with Gasteiger partial charge in [-0.1, -0.05) is 33.8 Å². The van der Waals surface area contributed by atoms with Crippen LogP contribution in [0, 0.1) is 23.2 Å². The summed E-state index contributed by atoms with van der Waals surface area (Å²) in [6.07, 6.45) is 4.88. The molecule has 1 aromatic carbocycles. The van der Waals surface area contributed by atoms with Crippen LogP contribution in [0.4, 0.5) is 0 Å². The van der Waals surface area contributed by atoms with E-state index in [-0.39, 0.29) is 48.6 Å². The number of methoxy groups -OCH3 is 2. The van der Waals surface area contributed by atoms with Crippen LogP contribution in [0.2, 0.25) is 0 Å². The highest BCUT2D eigenvalue weighted by atomic mass is 35.5. The van der Waals surface area contributed by atoms with Gasteiger partial charge in [-0.15, -0.1) is 12.4 Å². The molecule has 2 rings (SSSR count). The normalized spacial score (nSPS) is 19.3. The maximum absolute atomic E-state index is 13.2. The molecular formula is C32H56ClN3O6. The monoisotopic (exact) mass is 613 g/mol. The number of aliphatic hydroxyl groups is 1. The largest absolute Gasteiger partial charge is 0.493 e. The minimum Gasteiger partial charge on any atom is -0.493 e. The van der Waals surface area contributed by atoms with Gasteiger partial charge in [-0.2, -0.15) is 0 Å². The smallest absolute Gasteiger partial charge is 0.226 e. The number of halogens is 1. The molecule has 1 aliphatic rings. The molecule has 10 heteroatoms. The summed E-state index contributed by atoms with van der Waals surface area (Å²) in [5.74, 6) is 2.14. The van der Waals surface area contributed by atoms with Crippen molar-refractivity contribution < 1.29 is 28.9 Å². The number of carbonyl (C=O) groups excluding carboxylic acids is 2. The molecule has 5 N–H and O–H groups in total. The molecule has 0 saturated heterocycles. The summed E-state index contributed by atoms with van der Waals surface area (Å²) < 4.78 is 16.5. The first-order valence-corrected chi connectivity index (χ1v) is 15.2. The van der Waals surface area contributed by atoms with Crippen molar-refractivity contribution in [3.05, 3.63) is 23.8 Å². The van der Waals surface area contributed by atoms with Crippen LogP contribution in [-0.2, 0) is 20.7 Å². The van der Waals surface area contributed by atoms with Crippen LogP contribution in [0.1, 0.15) is 78.7 Å². The van der Waals surface area contributed by atoms with Gasteiger partial charge in [0.25, 0.3) is 0 Å². The average molecular weight is 614 g/mol. The number of ether oxygens (including phenoxy) is 3. The molecule has 0 aromatic heterocycles. The van der Waals surface area contributed by atoms with Crippen LogP contribution in [0.5, 0.6) is 11.5 Å². The second-order valence-corrected chi connectivity index (χ2v) is 12.5. The van der Waals surface area contributed by atoms with E-state index in [0.717, 1.165) is 44.1 Å². The molecule has 9 nitrogen and oxygen atoms in total. The second-order valence-electron chi connectivity index (χ2n) is 12.5. The second kappa shape index (κ2) is 18.6. The third-order valence-electron chi connectivity index (χ3n) is 8.70. The lowest BCUT2D eigenvalue weighted by Crippen LogP contribution is -2.50. The van der Waals surface area contributed by atoms with Crippen molar-refractivity contribution in [1.29, 1.82) is 0 Å². The summed E-state index contributed by atoms with van der Waals surface area (Å²) in [5, 5.41) is 16.8. The lowest BCUT2D eigenvalue weighted by Gasteiger charge is -2.38. The molecular weight excluding hydrogens is 558 g/mol. The molecule has 1 aromatic rings. The summed E-state index contributed by atoms with van der Waals surface area (Å²) >= 11 is 0. The molecule has 3 atom stereocenters. The van der Waals surface area contributed by atoms with Crippen molar-refractivity contribution in [2.24, 2.45) is 28.9 Å². The molecule has 0 unspecified atom stereocenters. The molecule has 0 radical (unpaired) electrons. The number of rotatable bonds is 17. The van der Waals surface area contributed by atoms with Crippen LogP contribution in [0.15, 0.2) is 18.2 Å². The highest BCUT2D eigenvalue weighted by Gasteiger charge is 2.39. The third-order valence-corrected chi connectivity index (χ3v) is 8.70. The standard InChI is InChI=1S/C32H55N3O6.ClH/c1-21(2)24(17-23-9-14-29(40-7)30(18-23)41-16-8-15-39-6)19-27(33)28(37)20-34-31(38)32(4,5)25-10-12-26(13-11-25)35-22(3)36;/h9,14,18,21,24-28,37H,8,10-13,15-17,19-20,33H2,1-7H3,(H,34,38)(H,35,36);1H/t24-,25-,26-,27-,28-;/m0./s1. The molecule has 0 aliphatic heterocycles. The van der Waals surface area contributed by atoms with E-state index in [1.54, 1.807) is 21.1 Å². The topological polar surface area (TPSA) is 132 Å². The number of hydrogen-bond acceptors (Lipinski definition) is 7. The fraction of sp³-hybridized carbons (Fsp3) is 0.750. The average Bonchev–Trinajstić information content (AvgIpc) is 2.93. The van der Waals surface area contributed by atoms with Crippen LogP contribution < -0.4 is 25.8 Å². The van der Waals surface area contributed by atoms with Crippen LogP contribution in [0.25, 0.3) is 0 Å². The molecule has 0 bridgehead atoms. The van der Waals surface area contributed by atoms with Gasteiger partial charge in [-0.05, 0) is 74.0 Å². The first-order chi connectivity index (χ1) is 19.4. The number of benzene rings is 1. The number of nitrogens with one attached hydrogen (secondary N) is 2. The molecule has 0 heterocycles. The number of carbonyl (C=O) groups is 2. The Balaban J connectivity index is 0.00000882. The lowest BCUT2D eigenvalue weighted by atomic mass is 9.69. The Hall–Kier alpha value is -2.07. The summed E-state index contributed by atoms with van der Waals surface area (Å²) in [6, 6.07) is 5.71. The summed E-state index contributed by atoms with van der Waals surface area (Å²) in [6.45, 7) is 11.1. The summed E-state index contributed by atoms with van der Waals surface area (Å²) in [4.78, 5) is 24.5. The van der Waals surface area contributed by atoms with Crippen molar-refractivity contribution in [1.82, 2.24) is 10.6 Å². The highest BCUT2D eigenvalue weighted by Crippen LogP contribution is 2.38. The predicted molar refractivity (Wildman–Crippen MR) is 169 cm³/mol. The Bertz CT molecular complexity index is 952. The SMILES string of the molecule is COCCCOc1cc(C[C@@H](C[C@H](N)[C@@H](O)CNC(=O)C(C)(C)[C@H]2CC[C@H](NC(C)=O)CC2)C(C)C)ccc1OC.Cl. The van der Waals surface area contributed by atoms with Crippen molar-refractivity contribution in [3.63, 3.8) is 0 Å². The quantitative estimate of drug-likeness (QED) is 0.193. The van der Waals surface area contributed by atoms with E-state index in [4.69, 9.17) is 19.9 Å². The Kier molecular flexibility index (Phi) is 16.8. The first-order valence-electron chi connectivity index (χ1n) is 15.2. The van der Waals surface area contributed by atoms with E-state index in [2.05, 4.69) is 24.5 Å². The van der Waals surface area contributed by atoms with Crippen molar-refractivity contribution in [2.45, 2.75) is 97.8 Å². The molecule has 0 spiro atoms. The highest BCUT2D eigenvalue weighted by molar-refractivity contribution is 5.85. The minimum absolute atomic E-state index is 0. The van der Waals surface area contributed by atoms with Gasteiger partial charge in [0.2, 0.25) is 11.8 Å². The van der Waals surface area contributed by atoms with E-state index in [0.29, 0.717) is 37.1 Å². The molecule has 1 fully saturated rings. The number of aliphatic hydroxyl groups excluding tert-OH is 1. The van der Waals surface area contributed by atoms with Crippen LogP contribution >= 0.6 is 12.4 Å². The Morgan fingerprint density at radius 1 is 1.10 bits per heavy atom. The van der Waals surface area contributed by atoms with Gasteiger partial charge >= 0.3 is 0 Å². The zero-order valence-electron chi connectivity index (χ0n) is 26.7. The predicted octanol–water partition coefficient (Wildman–Crippen LogP) is 4.26. The van der Waals surface area contributed by atoms with Crippen molar-refractivity contribution >= 4 is 24.2 Å². The van der Waals surface area contributed by atoms with Gasteiger partial charge in [0.05, 0.1) is 19.8 Å². The number of nitrogens with two attached hydrogens (primary N) is 1. The van der Waals surface area contributed by atoms with Gasteiger partial charge < -0.3 is 35.7 Å². The van der Waals surface area contributed by atoms with E-state index in [9.17, 15) is 14.7 Å². The van der Waals surface area contributed by atoms with E-state index >= 15 is 0 Å². The fourth-order valence-electron chi connectivity index (χ4n) is 5.76. The Labute approximate surface area is 259 Å². The summed E-state index contributed by atoms with van der Waals surface area (Å²) in [7, 11) is 3.31. The molecule has 2 amide bonds. The first kappa shape index (κ1) is 38.0. The molecule has 42 heavy (non-hydrogen) atoms. The fourth-order valence-corrected chi connectivity index (χ4v) is 5.76. The zero-order chi connectivity index (χ0) is 30.6. The van der Waals surface area contributed by atoms with Gasteiger partial charge in [0.1, 0.15) is 0 Å². The molecule has 1 aliphatic carbocycles. The third kappa shape index (κ3) is 11.9. The van der Waals surface area contributed by atoms with Crippen LogP contribution in [0.3, 0.4) is 0 Å². The number of hydrogen-bond donors (Lipinski definition) is 4. The van der Waals surface area contributed by atoms with Gasteiger partial charge in [0.15, 0.2) is 11.5 Å². The maximum atomic E-state index is 13.2. The lowest BCUT2D eigenvalue weighted by molar-refractivity contribution is -0.133. The Morgan fingerprint density at radius 3 is 2.33 bits per heavy atom. The zero-order valence-corrected chi connectivity index (χ0v) is 27.6. The van der Waals surface area contributed by atoms with Gasteiger partial charge in [-0.3, -0.25) is 9.59 Å². The molecule has 1 saturated carbocycles. The van der Waals surface area contributed by atoms with Gasteiger partial charge in [0, 0.05) is 51.1 Å². The molecule has 242 valence electrons. The maximum Gasteiger partial charge on any atom is 0.226 e. The van der Waals surface area contributed by atoms with Gasteiger partial charge in [-0.25, -0.2) is 0 Å². The summed E-state index contributed by atoms with van der Waals surface area (Å²) in [5.41, 5.74) is 7.04. The van der Waals surface area contributed by atoms with Crippen molar-refractivity contribution in [3.8, 4) is 11.5 Å². The van der Waals surface area contributed by atoms with E-state index in [1.807, 2.05) is 32.0 Å². The minimum atomic E-state index is -0.845. The Morgan fingerprint density at radius 2 is 1.76 bits per heavy atom. The van der Waals surface area contributed by atoms with Crippen LogP contribution in [-0.4, -0.2) is 69.1 Å². The van der Waals surface area contributed by atoms with Crippen molar-refractivity contribution in [2.75, 3.05) is 34.0 Å². The van der Waals surface area contributed by atoms with E-state index < -0.39 is 17.6 Å². The van der Waals surface area contributed by atoms with E-state index in [1.165, 1.54) is 0 Å². The number of amides is 2.